The Kier molecular flexibility index (Phi) is 4.37. The van der Waals surface area contributed by atoms with Gasteiger partial charge in [-0.25, -0.2) is 4.39 Å². The number of para-hydroxylation sites is 1. The number of benzene rings is 2. The summed E-state index contributed by atoms with van der Waals surface area (Å²) in [5.74, 6) is -1.46. The van der Waals surface area contributed by atoms with E-state index in [0.29, 0.717) is 10.2 Å². The van der Waals surface area contributed by atoms with Crippen LogP contribution in [0.5, 0.6) is 11.5 Å². The molecule has 0 N–H and O–H groups in total. The predicted octanol–water partition coefficient (Wildman–Crippen LogP) is 4.31. The molecular formula is C14H11BrF2O2. The molecule has 2 rings (SSSR count). The van der Waals surface area contributed by atoms with Crippen molar-refractivity contribution in [2.45, 2.75) is 6.61 Å². The van der Waals surface area contributed by atoms with E-state index in [1.165, 1.54) is 13.2 Å². The fourth-order valence-electron chi connectivity index (χ4n) is 1.62. The van der Waals surface area contributed by atoms with Crippen molar-refractivity contribution < 1.29 is 18.3 Å². The van der Waals surface area contributed by atoms with E-state index < -0.39 is 11.6 Å². The normalized spacial score (nSPS) is 10.3. The first-order valence-corrected chi connectivity index (χ1v) is 6.30. The van der Waals surface area contributed by atoms with Gasteiger partial charge in [0.1, 0.15) is 12.4 Å². The lowest BCUT2D eigenvalue weighted by Gasteiger charge is -2.11. The maximum absolute atomic E-state index is 13.5. The van der Waals surface area contributed by atoms with Crippen molar-refractivity contribution in [3.63, 3.8) is 0 Å². The molecule has 2 aromatic carbocycles. The summed E-state index contributed by atoms with van der Waals surface area (Å²) in [4.78, 5) is 0. The molecule has 5 heteroatoms. The van der Waals surface area contributed by atoms with E-state index >= 15 is 0 Å². The molecule has 0 aliphatic carbocycles. The summed E-state index contributed by atoms with van der Waals surface area (Å²) < 4.78 is 37.6. The zero-order valence-corrected chi connectivity index (χ0v) is 11.7. The summed E-state index contributed by atoms with van der Waals surface area (Å²) in [5.41, 5.74) is 0.754. The third-order valence-electron chi connectivity index (χ3n) is 2.54. The summed E-state index contributed by atoms with van der Waals surface area (Å²) in [7, 11) is 1.54. The van der Waals surface area contributed by atoms with Crippen LogP contribution >= 0.6 is 15.9 Å². The quantitative estimate of drug-likeness (QED) is 0.778. The van der Waals surface area contributed by atoms with Gasteiger partial charge in [0.15, 0.2) is 11.6 Å². The molecule has 0 spiro atoms. The van der Waals surface area contributed by atoms with E-state index in [4.69, 9.17) is 9.47 Å². The van der Waals surface area contributed by atoms with Gasteiger partial charge in [-0.15, -0.1) is 0 Å². The van der Waals surface area contributed by atoms with Crippen LogP contribution in [0.25, 0.3) is 0 Å². The zero-order chi connectivity index (χ0) is 13.8. The molecule has 0 radical (unpaired) electrons. The van der Waals surface area contributed by atoms with Crippen LogP contribution in [0.15, 0.2) is 40.9 Å². The number of methoxy groups -OCH3 is 1. The topological polar surface area (TPSA) is 18.5 Å². The molecule has 0 fully saturated rings. The molecule has 0 bridgehead atoms. The number of halogens is 3. The lowest BCUT2D eigenvalue weighted by atomic mass is 10.2. The number of hydrogen-bond donors (Lipinski definition) is 0. The molecule has 0 unspecified atom stereocenters. The largest absolute Gasteiger partial charge is 0.496 e. The van der Waals surface area contributed by atoms with Gasteiger partial charge in [-0.1, -0.05) is 34.1 Å². The van der Waals surface area contributed by atoms with E-state index in [1.54, 1.807) is 12.1 Å². The molecule has 100 valence electrons. The van der Waals surface area contributed by atoms with Crippen molar-refractivity contribution in [2.75, 3.05) is 7.11 Å². The Balaban J connectivity index is 2.19. The van der Waals surface area contributed by atoms with Gasteiger partial charge in [0.2, 0.25) is 5.82 Å². The minimum absolute atomic E-state index is 0.0941. The van der Waals surface area contributed by atoms with E-state index in [9.17, 15) is 8.78 Å². The van der Waals surface area contributed by atoms with E-state index in [0.717, 1.165) is 11.6 Å². The van der Waals surface area contributed by atoms with Gasteiger partial charge >= 0.3 is 0 Å². The monoisotopic (exact) mass is 328 g/mol. The van der Waals surface area contributed by atoms with Gasteiger partial charge in [-0.2, -0.15) is 4.39 Å². The Morgan fingerprint density at radius 2 is 1.84 bits per heavy atom. The molecule has 0 amide bonds. The third kappa shape index (κ3) is 3.23. The van der Waals surface area contributed by atoms with Gasteiger partial charge in [0, 0.05) is 10.0 Å². The van der Waals surface area contributed by atoms with Crippen molar-refractivity contribution >= 4 is 15.9 Å². The maximum Gasteiger partial charge on any atom is 0.200 e. The molecule has 19 heavy (non-hydrogen) atoms. The third-order valence-corrected chi connectivity index (χ3v) is 2.99. The molecule has 2 nitrogen and oxygen atoms in total. The highest BCUT2D eigenvalue weighted by Crippen LogP contribution is 2.27. The molecule has 2 aromatic rings. The van der Waals surface area contributed by atoms with Gasteiger partial charge in [0.05, 0.1) is 7.11 Å². The highest BCUT2D eigenvalue weighted by Gasteiger charge is 2.12. The Labute approximate surface area is 118 Å². The molecule has 0 heterocycles. The van der Waals surface area contributed by atoms with Crippen LogP contribution in [0.4, 0.5) is 8.78 Å². The molecule has 0 aliphatic rings. The first-order valence-electron chi connectivity index (χ1n) is 5.51. The minimum Gasteiger partial charge on any atom is -0.496 e. The van der Waals surface area contributed by atoms with Crippen LogP contribution in [0.3, 0.4) is 0 Å². The summed E-state index contributed by atoms with van der Waals surface area (Å²) in [6.07, 6.45) is 0. The molecule has 0 aliphatic heterocycles. The summed E-state index contributed by atoms with van der Waals surface area (Å²) in [6.45, 7) is 0.0941. The van der Waals surface area contributed by atoms with Crippen LogP contribution in [0.1, 0.15) is 5.56 Å². The summed E-state index contributed by atoms with van der Waals surface area (Å²) in [5, 5.41) is 0. The Hall–Kier alpha value is -1.62. The fraction of sp³-hybridized carbons (Fsp3) is 0.143. The molecule has 0 saturated carbocycles. The van der Waals surface area contributed by atoms with Crippen molar-refractivity contribution in [3.8, 4) is 11.5 Å². The smallest absolute Gasteiger partial charge is 0.200 e. The maximum atomic E-state index is 13.5. The first-order chi connectivity index (χ1) is 9.11. The average molecular weight is 329 g/mol. The lowest BCUT2D eigenvalue weighted by molar-refractivity contribution is 0.277. The van der Waals surface area contributed by atoms with Gasteiger partial charge in [-0.05, 0) is 18.2 Å². The number of hydrogen-bond acceptors (Lipinski definition) is 2. The van der Waals surface area contributed by atoms with Crippen LogP contribution < -0.4 is 9.47 Å². The number of rotatable bonds is 4. The van der Waals surface area contributed by atoms with Gasteiger partial charge in [0.25, 0.3) is 0 Å². The standard InChI is InChI=1S/C14H11BrF2O2/c1-18-12-5-3-2-4-9(12)8-19-13-7-10(15)6-11(16)14(13)17/h2-7H,8H2,1H3. The molecule has 0 atom stereocenters. The Morgan fingerprint density at radius 1 is 1.11 bits per heavy atom. The van der Waals surface area contributed by atoms with Gasteiger partial charge in [-0.3, -0.25) is 0 Å². The van der Waals surface area contributed by atoms with E-state index in [2.05, 4.69) is 15.9 Å². The minimum atomic E-state index is -1.00. The highest BCUT2D eigenvalue weighted by atomic mass is 79.9. The predicted molar refractivity (Wildman–Crippen MR) is 71.4 cm³/mol. The summed E-state index contributed by atoms with van der Waals surface area (Å²) >= 11 is 3.09. The Bertz CT molecular complexity index is 588. The van der Waals surface area contributed by atoms with Crippen molar-refractivity contribution in [1.82, 2.24) is 0 Å². The van der Waals surface area contributed by atoms with Crippen LogP contribution in [0.2, 0.25) is 0 Å². The van der Waals surface area contributed by atoms with Crippen LogP contribution in [-0.4, -0.2) is 7.11 Å². The summed E-state index contributed by atoms with van der Waals surface area (Å²) in [6, 6.07) is 9.64. The van der Waals surface area contributed by atoms with Crippen LogP contribution in [-0.2, 0) is 6.61 Å². The van der Waals surface area contributed by atoms with E-state index in [1.807, 2.05) is 12.1 Å². The fourth-order valence-corrected chi connectivity index (χ4v) is 2.02. The first kappa shape index (κ1) is 13.8. The SMILES string of the molecule is COc1ccccc1COc1cc(Br)cc(F)c1F. The second kappa shape index (κ2) is 6.02. The molecule has 0 saturated heterocycles. The van der Waals surface area contributed by atoms with Crippen molar-refractivity contribution in [2.24, 2.45) is 0 Å². The lowest BCUT2D eigenvalue weighted by Crippen LogP contribution is -2.01. The van der Waals surface area contributed by atoms with Crippen LogP contribution in [0, 0.1) is 11.6 Å². The average Bonchev–Trinajstić information content (AvgIpc) is 2.41. The second-order valence-electron chi connectivity index (χ2n) is 3.80. The highest BCUT2D eigenvalue weighted by molar-refractivity contribution is 9.10. The molecular weight excluding hydrogens is 318 g/mol. The molecule has 0 aromatic heterocycles. The van der Waals surface area contributed by atoms with Crippen molar-refractivity contribution in [3.05, 3.63) is 58.1 Å². The van der Waals surface area contributed by atoms with E-state index in [-0.39, 0.29) is 12.4 Å². The number of ether oxygens (including phenoxy) is 2. The second-order valence-corrected chi connectivity index (χ2v) is 4.72. The van der Waals surface area contributed by atoms with Gasteiger partial charge < -0.3 is 9.47 Å². The Morgan fingerprint density at radius 3 is 2.58 bits per heavy atom. The zero-order valence-electron chi connectivity index (χ0n) is 10.1. The van der Waals surface area contributed by atoms with Crippen molar-refractivity contribution in [1.29, 1.82) is 0 Å².